The maximum atomic E-state index is 13.2. The number of carbonyl (C=O) groups is 2. The summed E-state index contributed by atoms with van der Waals surface area (Å²) in [6, 6.07) is 10.8. The molecule has 0 saturated carbocycles. The Bertz CT molecular complexity index is 1140. The zero-order valence-electron chi connectivity index (χ0n) is 16.7. The highest BCUT2D eigenvalue weighted by Crippen LogP contribution is 2.42. The Labute approximate surface area is 172 Å². The average Bonchev–Trinajstić information content (AvgIpc) is 3.41. The number of hydrogen-bond donors (Lipinski definition) is 1. The second kappa shape index (κ2) is 7.55. The smallest absolute Gasteiger partial charge is 0.295 e. The van der Waals surface area contributed by atoms with Crippen molar-refractivity contribution in [2.45, 2.75) is 26.8 Å². The Morgan fingerprint density at radius 2 is 1.90 bits per heavy atom. The van der Waals surface area contributed by atoms with E-state index in [2.05, 4.69) is 5.16 Å². The molecule has 1 aliphatic heterocycles. The Balaban J connectivity index is 1.83. The maximum absolute atomic E-state index is 13.2. The molecule has 0 radical (unpaired) electrons. The number of nitrogens with zero attached hydrogens (tertiary/aromatic N) is 2. The number of amides is 1. The highest BCUT2D eigenvalue weighted by atomic mass is 16.5. The standard InChI is InChI=1S/C22H20N2O6/c1-4-28-15-8-6-14(7-9-15)19-18(20(25)16-10-5-12(2)29-16)21(26)22(27)24(19)17-11-13(3)30-23-17/h5-11,19,26H,4H2,1-3H3/t19-/m0/s1. The first-order valence-corrected chi connectivity index (χ1v) is 9.44. The molecule has 0 fully saturated rings. The van der Waals surface area contributed by atoms with Gasteiger partial charge in [0.15, 0.2) is 17.3 Å². The van der Waals surface area contributed by atoms with Crippen molar-refractivity contribution in [3.63, 3.8) is 0 Å². The van der Waals surface area contributed by atoms with Crippen LogP contribution in [0.15, 0.2) is 62.7 Å². The zero-order chi connectivity index (χ0) is 21.4. The number of ether oxygens (including phenoxy) is 1. The molecule has 1 atom stereocenters. The van der Waals surface area contributed by atoms with Crippen molar-refractivity contribution in [3.05, 3.63) is 76.6 Å². The summed E-state index contributed by atoms with van der Waals surface area (Å²) < 4.78 is 16.0. The van der Waals surface area contributed by atoms with Gasteiger partial charge < -0.3 is 18.8 Å². The summed E-state index contributed by atoms with van der Waals surface area (Å²) in [6.07, 6.45) is 0. The maximum Gasteiger partial charge on any atom is 0.295 e. The van der Waals surface area contributed by atoms with Crippen LogP contribution in [0.5, 0.6) is 5.75 Å². The van der Waals surface area contributed by atoms with Crippen LogP contribution in [0.1, 0.15) is 40.6 Å². The van der Waals surface area contributed by atoms with Crippen molar-refractivity contribution in [1.29, 1.82) is 0 Å². The van der Waals surface area contributed by atoms with E-state index in [1.54, 1.807) is 50.2 Å². The topological polar surface area (TPSA) is 106 Å². The Kier molecular flexibility index (Phi) is 4.91. The summed E-state index contributed by atoms with van der Waals surface area (Å²) >= 11 is 0. The van der Waals surface area contributed by atoms with Gasteiger partial charge in [0.2, 0.25) is 5.78 Å². The van der Waals surface area contributed by atoms with E-state index in [0.717, 1.165) is 0 Å². The van der Waals surface area contributed by atoms with Gasteiger partial charge in [0.25, 0.3) is 5.91 Å². The molecule has 8 heteroatoms. The third-order valence-electron chi connectivity index (χ3n) is 4.79. The predicted octanol–water partition coefficient (Wildman–Crippen LogP) is 4.07. The predicted molar refractivity (Wildman–Crippen MR) is 107 cm³/mol. The van der Waals surface area contributed by atoms with Gasteiger partial charge in [-0.05, 0) is 50.6 Å². The summed E-state index contributed by atoms with van der Waals surface area (Å²) in [6.45, 7) is 5.78. The lowest BCUT2D eigenvalue weighted by atomic mass is 9.95. The Morgan fingerprint density at radius 3 is 2.47 bits per heavy atom. The fourth-order valence-corrected chi connectivity index (χ4v) is 3.46. The van der Waals surface area contributed by atoms with Gasteiger partial charge in [-0.25, -0.2) is 0 Å². The van der Waals surface area contributed by atoms with E-state index >= 15 is 0 Å². The number of rotatable bonds is 6. The lowest BCUT2D eigenvalue weighted by Crippen LogP contribution is -2.31. The summed E-state index contributed by atoms with van der Waals surface area (Å²) in [7, 11) is 0. The minimum atomic E-state index is -0.907. The van der Waals surface area contributed by atoms with Crippen LogP contribution in [0.3, 0.4) is 0 Å². The third-order valence-corrected chi connectivity index (χ3v) is 4.79. The summed E-state index contributed by atoms with van der Waals surface area (Å²) in [5.74, 6) is -0.0408. The lowest BCUT2D eigenvalue weighted by Gasteiger charge is -2.24. The number of aryl methyl sites for hydroxylation is 2. The average molecular weight is 408 g/mol. The fraction of sp³-hybridized carbons (Fsp3) is 0.227. The summed E-state index contributed by atoms with van der Waals surface area (Å²) in [5.41, 5.74) is 0.516. The highest BCUT2D eigenvalue weighted by Gasteiger charge is 2.46. The first-order chi connectivity index (χ1) is 14.4. The summed E-state index contributed by atoms with van der Waals surface area (Å²) in [4.78, 5) is 27.4. The second-order valence-corrected chi connectivity index (χ2v) is 6.88. The first kappa shape index (κ1) is 19.5. The van der Waals surface area contributed by atoms with Gasteiger partial charge >= 0.3 is 0 Å². The molecule has 1 N–H and O–H groups in total. The lowest BCUT2D eigenvalue weighted by molar-refractivity contribution is -0.117. The number of anilines is 1. The van der Waals surface area contributed by atoms with Crippen LogP contribution in [0.25, 0.3) is 0 Å². The van der Waals surface area contributed by atoms with Crippen molar-refractivity contribution >= 4 is 17.5 Å². The van der Waals surface area contributed by atoms with E-state index in [9.17, 15) is 14.7 Å². The van der Waals surface area contributed by atoms with Gasteiger partial charge in [0.1, 0.15) is 17.3 Å². The number of carbonyl (C=O) groups excluding carboxylic acids is 2. The van der Waals surface area contributed by atoms with Crippen LogP contribution in [-0.4, -0.2) is 28.6 Å². The van der Waals surface area contributed by atoms with Crippen molar-refractivity contribution in [1.82, 2.24) is 5.16 Å². The molecule has 154 valence electrons. The van der Waals surface area contributed by atoms with Gasteiger partial charge in [-0.3, -0.25) is 14.5 Å². The number of aromatic nitrogens is 1. The molecule has 3 aromatic rings. The molecule has 0 aliphatic carbocycles. The molecule has 0 unspecified atom stereocenters. The monoisotopic (exact) mass is 408 g/mol. The van der Waals surface area contributed by atoms with E-state index in [1.165, 1.54) is 11.0 Å². The van der Waals surface area contributed by atoms with E-state index in [4.69, 9.17) is 13.7 Å². The zero-order valence-corrected chi connectivity index (χ0v) is 16.7. The molecule has 1 aliphatic rings. The molecule has 2 aromatic heterocycles. The Hall–Kier alpha value is -3.81. The molecule has 0 bridgehead atoms. The number of hydrogen-bond acceptors (Lipinski definition) is 7. The molecule has 0 saturated heterocycles. The van der Waals surface area contributed by atoms with E-state index in [0.29, 0.717) is 29.4 Å². The largest absolute Gasteiger partial charge is 0.503 e. The number of ketones is 1. The van der Waals surface area contributed by atoms with Crippen LogP contribution in [0, 0.1) is 13.8 Å². The number of aliphatic hydroxyl groups excluding tert-OH is 1. The van der Waals surface area contributed by atoms with Crippen LogP contribution in [0.4, 0.5) is 5.82 Å². The van der Waals surface area contributed by atoms with Gasteiger partial charge in [-0.1, -0.05) is 17.3 Å². The van der Waals surface area contributed by atoms with Gasteiger partial charge in [0.05, 0.1) is 18.2 Å². The molecule has 30 heavy (non-hydrogen) atoms. The highest BCUT2D eigenvalue weighted by molar-refractivity contribution is 6.19. The first-order valence-electron chi connectivity index (χ1n) is 9.44. The number of aliphatic hydroxyl groups is 1. The normalized spacial score (nSPS) is 16.4. The van der Waals surface area contributed by atoms with Crippen molar-refractivity contribution in [2.24, 2.45) is 0 Å². The molecule has 8 nitrogen and oxygen atoms in total. The molecule has 1 aromatic carbocycles. The fourth-order valence-electron chi connectivity index (χ4n) is 3.46. The van der Waals surface area contributed by atoms with Gasteiger partial charge in [-0.15, -0.1) is 0 Å². The molecule has 4 rings (SSSR count). The molecule has 1 amide bonds. The van der Waals surface area contributed by atoms with E-state index < -0.39 is 23.5 Å². The van der Waals surface area contributed by atoms with Crippen LogP contribution in [-0.2, 0) is 4.79 Å². The minimum absolute atomic E-state index is 0.0379. The number of Topliss-reactive ketones (excluding diaryl/α,β-unsaturated/α-hetero) is 1. The van der Waals surface area contributed by atoms with E-state index in [-0.39, 0.29) is 17.2 Å². The second-order valence-electron chi connectivity index (χ2n) is 6.88. The SMILES string of the molecule is CCOc1ccc([C@H]2C(C(=O)c3ccc(C)o3)=C(O)C(=O)N2c2cc(C)on2)cc1. The quantitative estimate of drug-likeness (QED) is 0.613. The van der Waals surface area contributed by atoms with Crippen LogP contribution < -0.4 is 9.64 Å². The van der Waals surface area contributed by atoms with E-state index in [1.807, 2.05) is 6.92 Å². The van der Waals surface area contributed by atoms with Gasteiger partial charge in [-0.2, -0.15) is 0 Å². The Morgan fingerprint density at radius 1 is 1.17 bits per heavy atom. The molecule has 0 spiro atoms. The van der Waals surface area contributed by atoms with Crippen molar-refractivity contribution in [2.75, 3.05) is 11.5 Å². The summed E-state index contributed by atoms with van der Waals surface area (Å²) in [5, 5.41) is 14.6. The van der Waals surface area contributed by atoms with Crippen molar-refractivity contribution in [3.8, 4) is 5.75 Å². The van der Waals surface area contributed by atoms with Gasteiger partial charge in [0, 0.05) is 6.07 Å². The minimum Gasteiger partial charge on any atom is -0.503 e. The number of benzene rings is 1. The number of furan rings is 1. The molecular weight excluding hydrogens is 388 g/mol. The molecule has 3 heterocycles. The van der Waals surface area contributed by atoms with Crippen molar-refractivity contribution < 1.29 is 28.4 Å². The molecular formula is C22H20N2O6. The van der Waals surface area contributed by atoms with Crippen LogP contribution in [0.2, 0.25) is 0 Å². The van der Waals surface area contributed by atoms with Crippen LogP contribution >= 0.6 is 0 Å². The third kappa shape index (κ3) is 3.26.